The summed E-state index contributed by atoms with van der Waals surface area (Å²) in [6.07, 6.45) is 5.11. The Morgan fingerprint density at radius 3 is 2.50 bits per heavy atom. The third-order valence-corrected chi connectivity index (χ3v) is 5.39. The number of rotatable bonds is 6. The SMILES string of the molecule is CCC(CC)(CBr)CCc1cccs1. The Balaban J connectivity index is 2.48. The Kier molecular flexibility index (Phi) is 5.18. The summed E-state index contributed by atoms with van der Waals surface area (Å²) in [5.74, 6) is 0. The summed E-state index contributed by atoms with van der Waals surface area (Å²) in [6.45, 7) is 4.61. The summed E-state index contributed by atoms with van der Waals surface area (Å²) in [5.41, 5.74) is 0.518. The lowest BCUT2D eigenvalue weighted by Crippen LogP contribution is -2.21. The van der Waals surface area contributed by atoms with Crippen molar-refractivity contribution in [2.24, 2.45) is 5.41 Å². The molecular formula is C12H19BrS. The van der Waals surface area contributed by atoms with E-state index in [1.807, 2.05) is 11.3 Å². The maximum Gasteiger partial charge on any atom is 0.00878 e. The molecule has 0 spiro atoms. The highest BCUT2D eigenvalue weighted by Crippen LogP contribution is 2.34. The molecule has 0 unspecified atom stereocenters. The van der Waals surface area contributed by atoms with E-state index in [1.165, 1.54) is 30.6 Å². The molecular weight excluding hydrogens is 256 g/mol. The molecule has 0 saturated heterocycles. The van der Waals surface area contributed by atoms with Gasteiger partial charge in [-0.05, 0) is 42.5 Å². The van der Waals surface area contributed by atoms with Crippen molar-refractivity contribution in [1.82, 2.24) is 0 Å². The average molecular weight is 275 g/mol. The first-order valence-corrected chi connectivity index (χ1v) is 7.35. The Hall–Kier alpha value is 0.180. The van der Waals surface area contributed by atoms with Crippen LogP contribution in [0.3, 0.4) is 0 Å². The van der Waals surface area contributed by atoms with Crippen molar-refractivity contribution < 1.29 is 0 Å². The van der Waals surface area contributed by atoms with Crippen molar-refractivity contribution in [1.29, 1.82) is 0 Å². The van der Waals surface area contributed by atoms with Crippen molar-refractivity contribution in [3.8, 4) is 0 Å². The van der Waals surface area contributed by atoms with Gasteiger partial charge in [-0.3, -0.25) is 0 Å². The molecule has 0 aromatic carbocycles. The Bertz CT molecular complexity index is 229. The Labute approximate surface area is 99.9 Å². The van der Waals surface area contributed by atoms with Gasteiger partial charge in [-0.25, -0.2) is 0 Å². The predicted molar refractivity (Wildman–Crippen MR) is 69.4 cm³/mol. The van der Waals surface area contributed by atoms with E-state index in [0.29, 0.717) is 5.41 Å². The molecule has 0 aliphatic carbocycles. The van der Waals surface area contributed by atoms with Crippen LogP contribution in [-0.2, 0) is 6.42 Å². The second-order valence-corrected chi connectivity index (χ2v) is 5.51. The number of hydrogen-bond acceptors (Lipinski definition) is 1. The minimum absolute atomic E-state index is 0.518. The van der Waals surface area contributed by atoms with E-state index in [1.54, 1.807) is 0 Å². The largest absolute Gasteiger partial charge is 0.149 e. The van der Waals surface area contributed by atoms with Gasteiger partial charge in [-0.15, -0.1) is 11.3 Å². The fourth-order valence-corrected chi connectivity index (χ4v) is 3.48. The fourth-order valence-electron chi connectivity index (χ4n) is 1.70. The minimum Gasteiger partial charge on any atom is -0.149 e. The highest BCUT2D eigenvalue weighted by molar-refractivity contribution is 9.09. The van der Waals surface area contributed by atoms with Crippen LogP contribution < -0.4 is 0 Å². The molecule has 0 nitrogen and oxygen atoms in total. The molecule has 0 saturated carbocycles. The highest BCUT2D eigenvalue weighted by atomic mass is 79.9. The van der Waals surface area contributed by atoms with Crippen LogP contribution in [0.1, 0.15) is 38.0 Å². The molecule has 0 atom stereocenters. The summed E-state index contributed by atoms with van der Waals surface area (Å²) >= 11 is 5.54. The quantitative estimate of drug-likeness (QED) is 0.649. The monoisotopic (exact) mass is 274 g/mol. The third kappa shape index (κ3) is 3.09. The van der Waals surface area contributed by atoms with Crippen molar-refractivity contribution in [3.05, 3.63) is 22.4 Å². The second kappa shape index (κ2) is 5.92. The molecule has 0 N–H and O–H groups in total. The van der Waals surface area contributed by atoms with Crippen LogP contribution in [0.2, 0.25) is 0 Å². The van der Waals surface area contributed by atoms with Gasteiger partial charge in [-0.2, -0.15) is 0 Å². The molecule has 0 aliphatic heterocycles. The zero-order valence-electron chi connectivity index (χ0n) is 9.05. The van der Waals surface area contributed by atoms with E-state index < -0.39 is 0 Å². The fraction of sp³-hybridized carbons (Fsp3) is 0.667. The summed E-state index contributed by atoms with van der Waals surface area (Å²) in [4.78, 5) is 1.53. The Morgan fingerprint density at radius 2 is 2.07 bits per heavy atom. The van der Waals surface area contributed by atoms with Crippen LogP contribution in [0.15, 0.2) is 17.5 Å². The van der Waals surface area contributed by atoms with Crippen LogP contribution in [0.5, 0.6) is 0 Å². The number of thiophene rings is 1. The lowest BCUT2D eigenvalue weighted by Gasteiger charge is -2.29. The molecule has 0 amide bonds. The molecule has 0 aliphatic rings. The number of alkyl halides is 1. The second-order valence-electron chi connectivity index (χ2n) is 3.92. The van der Waals surface area contributed by atoms with Crippen molar-refractivity contribution >= 4 is 27.3 Å². The van der Waals surface area contributed by atoms with Gasteiger partial charge in [0.1, 0.15) is 0 Å². The number of halogens is 1. The maximum absolute atomic E-state index is 3.66. The first kappa shape index (κ1) is 12.3. The molecule has 0 radical (unpaired) electrons. The molecule has 0 fully saturated rings. The van der Waals surface area contributed by atoms with Crippen LogP contribution in [-0.4, -0.2) is 5.33 Å². The smallest absolute Gasteiger partial charge is 0.00878 e. The van der Waals surface area contributed by atoms with Gasteiger partial charge in [-0.1, -0.05) is 35.8 Å². The van der Waals surface area contributed by atoms with Crippen molar-refractivity contribution in [2.45, 2.75) is 39.5 Å². The van der Waals surface area contributed by atoms with Crippen LogP contribution in [0.25, 0.3) is 0 Å². The van der Waals surface area contributed by atoms with Crippen LogP contribution in [0, 0.1) is 5.41 Å². The van der Waals surface area contributed by atoms with Gasteiger partial charge in [0.15, 0.2) is 0 Å². The zero-order valence-corrected chi connectivity index (χ0v) is 11.5. The molecule has 2 heteroatoms. The van der Waals surface area contributed by atoms with Gasteiger partial charge in [0.25, 0.3) is 0 Å². The van der Waals surface area contributed by atoms with Gasteiger partial charge in [0, 0.05) is 10.2 Å². The van der Waals surface area contributed by atoms with E-state index >= 15 is 0 Å². The van der Waals surface area contributed by atoms with E-state index in [-0.39, 0.29) is 0 Å². The summed E-state index contributed by atoms with van der Waals surface area (Å²) in [5, 5.41) is 3.31. The lowest BCUT2D eigenvalue weighted by molar-refractivity contribution is 0.284. The van der Waals surface area contributed by atoms with E-state index in [9.17, 15) is 0 Å². The van der Waals surface area contributed by atoms with Gasteiger partial charge < -0.3 is 0 Å². The number of hydrogen-bond donors (Lipinski definition) is 0. The molecule has 14 heavy (non-hydrogen) atoms. The normalized spacial score (nSPS) is 11.9. The van der Waals surface area contributed by atoms with Gasteiger partial charge in [0.2, 0.25) is 0 Å². The molecule has 1 aromatic rings. The topological polar surface area (TPSA) is 0 Å². The summed E-state index contributed by atoms with van der Waals surface area (Å²) in [7, 11) is 0. The third-order valence-electron chi connectivity index (χ3n) is 3.27. The lowest BCUT2D eigenvalue weighted by atomic mass is 9.80. The highest BCUT2D eigenvalue weighted by Gasteiger charge is 2.24. The van der Waals surface area contributed by atoms with Gasteiger partial charge >= 0.3 is 0 Å². The van der Waals surface area contributed by atoms with Gasteiger partial charge in [0.05, 0.1) is 0 Å². The van der Waals surface area contributed by atoms with Crippen LogP contribution >= 0.6 is 27.3 Å². The summed E-state index contributed by atoms with van der Waals surface area (Å²) in [6, 6.07) is 4.39. The maximum atomic E-state index is 3.66. The van der Waals surface area contributed by atoms with Crippen molar-refractivity contribution in [2.75, 3.05) is 5.33 Å². The first-order valence-electron chi connectivity index (χ1n) is 5.34. The molecule has 80 valence electrons. The average Bonchev–Trinajstić information content (AvgIpc) is 2.74. The standard InChI is InChI=1S/C12H19BrS/c1-3-12(4-2,10-13)8-7-11-6-5-9-14-11/h5-6,9H,3-4,7-8,10H2,1-2H3. The van der Waals surface area contributed by atoms with E-state index in [2.05, 4.69) is 47.3 Å². The zero-order chi connectivity index (χ0) is 10.4. The number of aryl methyl sites for hydroxylation is 1. The van der Waals surface area contributed by atoms with Crippen LogP contribution in [0.4, 0.5) is 0 Å². The predicted octanol–water partition coefficient (Wildman–Crippen LogP) is 4.88. The Morgan fingerprint density at radius 1 is 1.36 bits per heavy atom. The molecule has 1 rings (SSSR count). The van der Waals surface area contributed by atoms with Crippen molar-refractivity contribution in [3.63, 3.8) is 0 Å². The van der Waals surface area contributed by atoms with E-state index in [4.69, 9.17) is 0 Å². The first-order chi connectivity index (χ1) is 6.76. The molecule has 1 heterocycles. The molecule has 0 bridgehead atoms. The minimum atomic E-state index is 0.518. The molecule has 1 aromatic heterocycles. The summed E-state index contributed by atoms with van der Waals surface area (Å²) < 4.78 is 0. The van der Waals surface area contributed by atoms with E-state index in [0.717, 1.165) is 5.33 Å².